The van der Waals surface area contributed by atoms with Gasteiger partial charge in [0.15, 0.2) is 6.10 Å². The van der Waals surface area contributed by atoms with Crippen LogP contribution in [0, 0.1) is 5.92 Å². The van der Waals surface area contributed by atoms with Gasteiger partial charge in [0.05, 0.1) is 6.54 Å². The van der Waals surface area contributed by atoms with Gasteiger partial charge in [-0.05, 0) is 28.2 Å². The number of benzene rings is 2. The van der Waals surface area contributed by atoms with Gasteiger partial charge in [0.2, 0.25) is 5.91 Å². The molecule has 0 aliphatic heterocycles. The Kier molecular flexibility index (Phi) is 7.25. The van der Waals surface area contributed by atoms with Gasteiger partial charge in [-0.3, -0.25) is 4.79 Å². The number of carbonyl (C=O) groups excluding carboxylic acids is 2. The Labute approximate surface area is 180 Å². The zero-order valence-electron chi connectivity index (χ0n) is 17.2. The van der Waals surface area contributed by atoms with E-state index < -0.39 is 24.1 Å². The number of alkyl carbamates (subject to hydrolysis) is 1. The Balaban J connectivity index is 1.45. The zero-order chi connectivity index (χ0) is 22.4. The Morgan fingerprint density at radius 3 is 2.13 bits per heavy atom. The topological polar surface area (TPSA) is 125 Å². The van der Waals surface area contributed by atoms with E-state index in [9.17, 15) is 14.4 Å². The van der Waals surface area contributed by atoms with Gasteiger partial charge in [0, 0.05) is 18.9 Å². The summed E-state index contributed by atoms with van der Waals surface area (Å²) in [6.45, 7) is 1.85. The van der Waals surface area contributed by atoms with Gasteiger partial charge in [-0.1, -0.05) is 55.5 Å². The summed E-state index contributed by atoms with van der Waals surface area (Å²) in [5.41, 5.74) is 4.56. The normalized spacial score (nSPS) is 14.1. The van der Waals surface area contributed by atoms with Crippen molar-refractivity contribution in [2.75, 3.05) is 19.7 Å². The van der Waals surface area contributed by atoms with Gasteiger partial charge in [0.25, 0.3) is 0 Å². The maximum Gasteiger partial charge on any atom is 0.407 e. The molecular formula is C23H26N2O6. The average Bonchev–Trinajstić information content (AvgIpc) is 3.08. The van der Waals surface area contributed by atoms with Crippen molar-refractivity contribution in [2.24, 2.45) is 5.92 Å². The number of hydrogen-bond acceptors (Lipinski definition) is 5. The summed E-state index contributed by atoms with van der Waals surface area (Å²) in [4.78, 5) is 34.5. The molecule has 0 spiro atoms. The number of carbonyl (C=O) groups is 3. The lowest BCUT2D eigenvalue weighted by molar-refractivity contribution is -0.146. The standard InChI is InChI=1S/C23H26N2O6/c1-14(10-21(27)24-12-20(26)22(28)29)11-25-23(30)31-13-19-17-8-4-2-6-15(17)16-7-3-5-9-18(16)19/h2-9,14,19-20,26H,10-13H2,1H3,(H,24,27)(H,25,30)(H,28,29). The number of aliphatic carboxylic acids is 1. The van der Waals surface area contributed by atoms with Crippen LogP contribution in [0.15, 0.2) is 48.5 Å². The monoisotopic (exact) mass is 426 g/mol. The van der Waals surface area contributed by atoms with E-state index in [-0.39, 0.29) is 38.0 Å². The number of aliphatic hydroxyl groups is 1. The van der Waals surface area contributed by atoms with Crippen LogP contribution in [0.1, 0.15) is 30.4 Å². The minimum atomic E-state index is -1.64. The fraction of sp³-hybridized carbons (Fsp3) is 0.348. The summed E-state index contributed by atoms with van der Waals surface area (Å²) in [7, 11) is 0. The van der Waals surface area contributed by atoms with Gasteiger partial charge in [-0.15, -0.1) is 0 Å². The van der Waals surface area contributed by atoms with E-state index in [0.29, 0.717) is 0 Å². The van der Waals surface area contributed by atoms with Gasteiger partial charge in [0.1, 0.15) is 6.61 Å². The first-order chi connectivity index (χ1) is 14.9. The molecule has 2 unspecified atom stereocenters. The van der Waals surface area contributed by atoms with Gasteiger partial charge in [-0.2, -0.15) is 0 Å². The minimum Gasteiger partial charge on any atom is -0.479 e. The molecule has 2 aromatic carbocycles. The van der Waals surface area contributed by atoms with Crippen LogP contribution in [-0.4, -0.2) is 54.0 Å². The molecule has 1 aliphatic rings. The Morgan fingerprint density at radius 1 is 0.968 bits per heavy atom. The first kappa shape index (κ1) is 22.3. The lowest BCUT2D eigenvalue weighted by atomic mass is 9.98. The van der Waals surface area contributed by atoms with Crippen molar-refractivity contribution in [3.8, 4) is 11.1 Å². The number of amides is 2. The van der Waals surface area contributed by atoms with Crippen LogP contribution in [0.3, 0.4) is 0 Å². The Bertz CT molecular complexity index is 915. The summed E-state index contributed by atoms with van der Waals surface area (Å²) in [5.74, 6) is -2.02. The molecule has 4 N–H and O–H groups in total. The smallest absolute Gasteiger partial charge is 0.407 e. The molecule has 2 atom stereocenters. The lowest BCUT2D eigenvalue weighted by Crippen LogP contribution is -2.38. The van der Waals surface area contributed by atoms with Crippen LogP contribution in [0.25, 0.3) is 11.1 Å². The molecule has 31 heavy (non-hydrogen) atoms. The molecule has 0 fully saturated rings. The highest BCUT2D eigenvalue weighted by atomic mass is 16.5. The quantitative estimate of drug-likeness (QED) is 0.487. The molecule has 164 valence electrons. The van der Waals surface area contributed by atoms with Crippen molar-refractivity contribution >= 4 is 18.0 Å². The third-order valence-electron chi connectivity index (χ3n) is 5.25. The molecule has 0 saturated heterocycles. The summed E-state index contributed by atoms with van der Waals surface area (Å²) in [6.07, 6.45) is -2.12. The second-order valence-electron chi connectivity index (χ2n) is 7.67. The highest BCUT2D eigenvalue weighted by Crippen LogP contribution is 2.44. The van der Waals surface area contributed by atoms with Crippen LogP contribution >= 0.6 is 0 Å². The fourth-order valence-corrected chi connectivity index (χ4v) is 3.67. The van der Waals surface area contributed by atoms with Crippen molar-refractivity contribution in [1.29, 1.82) is 0 Å². The maximum absolute atomic E-state index is 12.2. The summed E-state index contributed by atoms with van der Waals surface area (Å²) in [6, 6.07) is 16.1. The number of nitrogens with one attached hydrogen (secondary N) is 2. The predicted molar refractivity (Wildman–Crippen MR) is 114 cm³/mol. The van der Waals surface area contributed by atoms with Crippen LogP contribution in [0.2, 0.25) is 0 Å². The van der Waals surface area contributed by atoms with Crippen molar-refractivity contribution in [2.45, 2.75) is 25.4 Å². The molecule has 3 rings (SSSR count). The van der Waals surface area contributed by atoms with Crippen molar-refractivity contribution < 1.29 is 29.3 Å². The summed E-state index contributed by atoms with van der Waals surface area (Å²) >= 11 is 0. The third-order valence-corrected chi connectivity index (χ3v) is 5.25. The van der Waals surface area contributed by atoms with Gasteiger partial charge < -0.3 is 25.6 Å². The molecule has 0 radical (unpaired) electrons. The molecule has 8 heteroatoms. The predicted octanol–water partition coefficient (Wildman–Crippen LogP) is 2.11. The molecular weight excluding hydrogens is 400 g/mol. The molecule has 1 aliphatic carbocycles. The highest BCUT2D eigenvalue weighted by Gasteiger charge is 2.29. The maximum atomic E-state index is 12.2. The molecule has 2 amide bonds. The number of carboxylic acids is 1. The lowest BCUT2D eigenvalue weighted by Gasteiger charge is -2.16. The van der Waals surface area contributed by atoms with E-state index in [0.717, 1.165) is 22.3 Å². The SMILES string of the molecule is CC(CNC(=O)OCC1c2ccccc2-c2ccccc21)CC(=O)NCC(O)C(=O)O. The molecule has 0 saturated carbocycles. The van der Waals surface area contributed by atoms with Crippen molar-refractivity contribution in [3.63, 3.8) is 0 Å². The van der Waals surface area contributed by atoms with E-state index in [2.05, 4.69) is 22.8 Å². The molecule has 0 aromatic heterocycles. The second-order valence-corrected chi connectivity index (χ2v) is 7.67. The largest absolute Gasteiger partial charge is 0.479 e. The molecule has 8 nitrogen and oxygen atoms in total. The van der Waals surface area contributed by atoms with E-state index in [1.807, 2.05) is 36.4 Å². The third kappa shape index (κ3) is 5.61. The highest BCUT2D eigenvalue weighted by molar-refractivity contribution is 5.79. The first-order valence-electron chi connectivity index (χ1n) is 10.1. The van der Waals surface area contributed by atoms with Gasteiger partial charge in [-0.25, -0.2) is 9.59 Å². The van der Waals surface area contributed by atoms with Crippen LogP contribution < -0.4 is 10.6 Å². The van der Waals surface area contributed by atoms with Gasteiger partial charge >= 0.3 is 12.1 Å². The first-order valence-corrected chi connectivity index (χ1v) is 10.1. The van der Waals surface area contributed by atoms with E-state index in [1.165, 1.54) is 0 Å². The molecule has 2 aromatic rings. The summed E-state index contributed by atoms with van der Waals surface area (Å²) in [5, 5.41) is 22.8. The van der Waals surface area contributed by atoms with Crippen LogP contribution in [0.4, 0.5) is 4.79 Å². The van der Waals surface area contributed by atoms with E-state index in [1.54, 1.807) is 6.92 Å². The minimum absolute atomic E-state index is 0.0259. The number of fused-ring (bicyclic) bond motifs is 3. The Morgan fingerprint density at radius 2 is 1.55 bits per heavy atom. The number of hydrogen-bond donors (Lipinski definition) is 4. The number of aliphatic hydroxyl groups excluding tert-OH is 1. The average molecular weight is 426 g/mol. The van der Waals surface area contributed by atoms with Crippen LogP contribution in [-0.2, 0) is 14.3 Å². The van der Waals surface area contributed by atoms with E-state index >= 15 is 0 Å². The van der Waals surface area contributed by atoms with E-state index in [4.69, 9.17) is 14.9 Å². The van der Waals surface area contributed by atoms with Crippen molar-refractivity contribution in [1.82, 2.24) is 10.6 Å². The zero-order valence-corrected chi connectivity index (χ0v) is 17.2. The molecule has 0 heterocycles. The van der Waals surface area contributed by atoms with Crippen LogP contribution in [0.5, 0.6) is 0 Å². The van der Waals surface area contributed by atoms with Crippen molar-refractivity contribution in [3.05, 3.63) is 59.7 Å². The Hall–Kier alpha value is -3.39. The number of ether oxygens (including phenoxy) is 1. The fourth-order valence-electron chi connectivity index (χ4n) is 3.67. The number of carboxylic acid groups (broad SMARTS) is 1. The second kappa shape index (κ2) is 10.1. The summed E-state index contributed by atoms with van der Waals surface area (Å²) < 4.78 is 5.45. The molecule has 0 bridgehead atoms. The number of rotatable bonds is 9.